The highest BCUT2D eigenvalue weighted by Crippen LogP contribution is 2.51. The Morgan fingerprint density at radius 1 is 1.11 bits per heavy atom. The van der Waals surface area contributed by atoms with Crippen molar-refractivity contribution in [3.05, 3.63) is 24.3 Å². The molecule has 35 heavy (non-hydrogen) atoms. The number of carboxylic acid groups (broad SMARTS) is 1. The maximum absolute atomic E-state index is 14.2. The molecule has 1 heterocycles. The molecule has 2 saturated carbocycles. The Bertz CT molecular complexity index is 920. The molecule has 3 aliphatic rings. The molecule has 8 atom stereocenters. The number of ketones is 2. The molecule has 1 saturated heterocycles. The maximum Gasteiger partial charge on any atom is 0.306 e. The quantitative estimate of drug-likeness (QED) is 0.158. The van der Waals surface area contributed by atoms with E-state index in [1.807, 2.05) is 13.8 Å². The number of amides is 2. The average Bonchev–Trinajstić information content (AvgIpc) is 3.10. The lowest BCUT2D eigenvalue weighted by atomic mass is 9.55. The van der Waals surface area contributed by atoms with Crippen LogP contribution in [0, 0.1) is 47.3 Å². The molecule has 192 valence electrons. The second-order valence-corrected chi connectivity index (χ2v) is 10.6. The van der Waals surface area contributed by atoms with Crippen molar-refractivity contribution in [3.8, 4) is 0 Å². The van der Waals surface area contributed by atoms with E-state index >= 15 is 0 Å². The summed E-state index contributed by atoms with van der Waals surface area (Å²) in [5.74, 6) is -6.61. The molecular formula is C28H39NO6. The number of aliphatic carboxylic acids is 1. The van der Waals surface area contributed by atoms with Crippen LogP contribution >= 0.6 is 0 Å². The van der Waals surface area contributed by atoms with Gasteiger partial charge in [-0.25, -0.2) is 0 Å². The highest BCUT2D eigenvalue weighted by Gasteiger charge is 2.56. The van der Waals surface area contributed by atoms with Crippen LogP contribution < -0.4 is 5.32 Å². The fourth-order valence-corrected chi connectivity index (χ4v) is 6.86. The molecule has 0 aromatic carbocycles. The molecule has 0 radical (unpaired) electrons. The van der Waals surface area contributed by atoms with Gasteiger partial charge < -0.3 is 5.11 Å². The molecule has 7 nitrogen and oxygen atoms in total. The maximum atomic E-state index is 14.2. The average molecular weight is 486 g/mol. The van der Waals surface area contributed by atoms with Gasteiger partial charge in [0.25, 0.3) is 0 Å². The summed E-state index contributed by atoms with van der Waals surface area (Å²) in [5.41, 5.74) is 0.436. The Hall–Kier alpha value is -2.57. The zero-order chi connectivity index (χ0) is 25.9. The van der Waals surface area contributed by atoms with Gasteiger partial charge in [0.05, 0.1) is 17.8 Å². The van der Waals surface area contributed by atoms with Crippen molar-refractivity contribution in [2.75, 3.05) is 0 Å². The van der Waals surface area contributed by atoms with Gasteiger partial charge in [0, 0.05) is 12.0 Å². The first-order chi connectivity index (χ1) is 16.7. The highest BCUT2D eigenvalue weighted by atomic mass is 16.4. The third-order valence-corrected chi connectivity index (χ3v) is 8.42. The van der Waals surface area contributed by atoms with Gasteiger partial charge in [-0.15, -0.1) is 6.58 Å². The van der Waals surface area contributed by atoms with Crippen molar-refractivity contribution in [1.82, 2.24) is 5.32 Å². The van der Waals surface area contributed by atoms with E-state index in [1.54, 1.807) is 12.2 Å². The molecule has 0 unspecified atom stereocenters. The number of Topliss-reactive ketones (excluding diaryl/α,β-unsaturated/α-hetero) is 2. The van der Waals surface area contributed by atoms with E-state index in [9.17, 15) is 29.1 Å². The van der Waals surface area contributed by atoms with Gasteiger partial charge in [0.1, 0.15) is 5.92 Å². The zero-order valence-corrected chi connectivity index (χ0v) is 21.1. The minimum Gasteiger partial charge on any atom is -0.481 e. The first-order valence-corrected chi connectivity index (χ1v) is 13.1. The van der Waals surface area contributed by atoms with Crippen LogP contribution in [0.15, 0.2) is 24.3 Å². The number of hydrogen-bond donors (Lipinski definition) is 2. The first kappa shape index (κ1) is 27.0. The lowest BCUT2D eigenvalue weighted by Crippen LogP contribution is -2.50. The third kappa shape index (κ3) is 5.34. The number of nitrogens with one attached hydrogen (secondary N) is 1. The molecule has 7 heteroatoms. The molecule has 0 aromatic heterocycles. The summed E-state index contributed by atoms with van der Waals surface area (Å²) in [6, 6.07) is 0. The molecule has 1 aliphatic heterocycles. The highest BCUT2D eigenvalue weighted by molar-refractivity contribution is 6.18. The van der Waals surface area contributed by atoms with E-state index in [2.05, 4.69) is 18.8 Å². The smallest absolute Gasteiger partial charge is 0.306 e. The van der Waals surface area contributed by atoms with E-state index in [4.69, 9.17) is 0 Å². The van der Waals surface area contributed by atoms with Crippen LogP contribution in [0.25, 0.3) is 0 Å². The topological polar surface area (TPSA) is 118 Å². The Labute approximate surface area is 207 Å². The van der Waals surface area contributed by atoms with Crippen molar-refractivity contribution < 1.29 is 29.1 Å². The number of hydrogen-bond acceptors (Lipinski definition) is 5. The third-order valence-electron chi connectivity index (χ3n) is 8.42. The van der Waals surface area contributed by atoms with Gasteiger partial charge >= 0.3 is 5.97 Å². The van der Waals surface area contributed by atoms with E-state index in [0.717, 1.165) is 19.3 Å². The van der Waals surface area contributed by atoms with Gasteiger partial charge in [-0.3, -0.25) is 29.3 Å². The number of allylic oxidation sites excluding steroid dienone is 3. The number of imide groups is 1. The number of carboxylic acids is 1. The van der Waals surface area contributed by atoms with Crippen molar-refractivity contribution in [2.24, 2.45) is 47.3 Å². The monoisotopic (exact) mass is 485 g/mol. The van der Waals surface area contributed by atoms with Crippen molar-refractivity contribution in [2.45, 2.75) is 72.1 Å². The van der Waals surface area contributed by atoms with Gasteiger partial charge in [-0.2, -0.15) is 0 Å². The van der Waals surface area contributed by atoms with Gasteiger partial charge in [-0.05, 0) is 49.4 Å². The van der Waals surface area contributed by atoms with E-state index in [0.29, 0.717) is 31.3 Å². The fourth-order valence-electron chi connectivity index (χ4n) is 6.86. The second kappa shape index (κ2) is 11.4. The normalized spacial score (nSPS) is 34.9. The SMILES string of the molecule is C=C[C@H](CCCCC)[C@@H]1C(=O)NC(=O)[C@H]1C(=O)[C@@H]1/C(=C\CC)C(=O)C[C@@H]2C[C@H](C(=O)O)C[C@H](C)[C@H]21. The fraction of sp³-hybridized carbons (Fsp3) is 0.679. The Morgan fingerprint density at radius 3 is 2.43 bits per heavy atom. The molecule has 2 N–H and O–H groups in total. The summed E-state index contributed by atoms with van der Waals surface area (Å²) in [6.45, 7) is 9.81. The van der Waals surface area contributed by atoms with Crippen LogP contribution in [-0.4, -0.2) is 34.5 Å². The number of carbonyl (C=O) groups excluding carboxylic acids is 4. The summed E-state index contributed by atoms with van der Waals surface area (Å²) < 4.78 is 0. The van der Waals surface area contributed by atoms with Crippen molar-refractivity contribution >= 4 is 29.4 Å². The zero-order valence-electron chi connectivity index (χ0n) is 21.1. The van der Waals surface area contributed by atoms with Crippen LogP contribution in [0.1, 0.15) is 72.1 Å². The van der Waals surface area contributed by atoms with Crippen molar-refractivity contribution in [3.63, 3.8) is 0 Å². The van der Waals surface area contributed by atoms with Crippen LogP contribution in [0.4, 0.5) is 0 Å². The molecule has 0 bridgehead atoms. The van der Waals surface area contributed by atoms with E-state index < -0.39 is 41.5 Å². The second-order valence-electron chi connectivity index (χ2n) is 10.6. The molecule has 0 aromatic rings. The predicted molar refractivity (Wildman–Crippen MR) is 131 cm³/mol. The Kier molecular flexibility index (Phi) is 8.84. The number of fused-ring (bicyclic) bond motifs is 1. The summed E-state index contributed by atoms with van der Waals surface area (Å²) in [4.78, 5) is 65.0. The first-order valence-electron chi connectivity index (χ1n) is 13.1. The Morgan fingerprint density at radius 2 is 1.83 bits per heavy atom. The van der Waals surface area contributed by atoms with Crippen LogP contribution in [0.2, 0.25) is 0 Å². The summed E-state index contributed by atoms with van der Waals surface area (Å²) in [7, 11) is 0. The lowest BCUT2D eigenvalue weighted by Gasteiger charge is -2.47. The van der Waals surface area contributed by atoms with Crippen LogP contribution in [0.5, 0.6) is 0 Å². The van der Waals surface area contributed by atoms with Gasteiger partial charge in [-0.1, -0.05) is 52.2 Å². The number of rotatable bonds is 10. The van der Waals surface area contributed by atoms with E-state index in [1.165, 1.54) is 0 Å². The number of carbonyl (C=O) groups is 5. The van der Waals surface area contributed by atoms with E-state index in [-0.39, 0.29) is 41.7 Å². The minimum absolute atomic E-state index is 0.101. The lowest BCUT2D eigenvalue weighted by molar-refractivity contribution is -0.148. The molecular weight excluding hydrogens is 446 g/mol. The predicted octanol–water partition coefficient (Wildman–Crippen LogP) is 4.12. The van der Waals surface area contributed by atoms with Gasteiger partial charge in [0.15, 0.2) is 11.6 Å². The molecule has 2 aliphatic carbocycles. The molecule has 3 rings (SSSR count). The van der Waals surface area contributed by atoms with Crippen molar-refractivity contribution in [1.29, 1.82) is 0 Å². The largest absolute Gasteiger partial charge is 0.481 e. The molecule has 0 spiro atoms. The Balaban J connectivity index is 2.00. The minimum atomic E-state index is -1.16. The molecule has 2 amide bonds. The van der Waals surface area contributed by atoms with Crippen LogP contribution in [-0.2, 0) is 24.0 Å². The van der Waals surface area contributed by atoms with Crippen LogP contribution in [0.3, 0.4) is 0 Å². The summed E-state index contributed by atoms with van der Waals surface area (Å²) in [5, 5.41) is 12.0. The summed E-state index contributed by atoms with van der Waals surface area (Å²) in [6.07, 6.45) is 8.56. The summed E-state index contributed by atoms with van der Waals surface area (Å²) >= 11 is 0. The number of unbranched alkanes of at least 4 members (excludes halogenated alkanes) is 2. The van der Waals surface area contributed by atoms with Gasteiger partial charge in [0.2, 0.25) is 11.8 Å². The standard InChI is InChI=1S/C28H39NO6/c1-5-8-9-11-16(7-3)22-24(27(33)29-26(22)32)25(31)23-19(10-6-2)20(30)14-17-13-18(28(34)35)12-15(4)21(17)23/h7,10,15-18,21-24H,3,5-6,8-9,11-14H2,1-2,4H3,(H,34,35)(H,29,32,33)/b19-10-/t15-,16+,17-,18+,21+,22-,23+,24+/m0/s1. The molecule has 3 fully saturated rings.